The van der Waals surface area contributed by atoms with Crippen molar-refractivity contribution in [1.29, 1.82) is 0 Å². The minimum atomic E-state index is -0.165. The third kappa shape index (κ3) is 1.50. The van der Waals surface area contributed by atoms with Crippen molar-refractivity contribution in [2.24, 2.45) is 18.7 Å². The van der Waals surface area contributed by atoms with Gasteiger partial charge in [-0.05, 0) is 0 Å². The Labute approximate surface area is 70.6 Å². The molecule has 1 heterocycles. The molecular formula is C7H12N4O. The summed E-state index contributed by atoms with van der Waals surface area (Å²) in [6.07, 6.45) is 1.45. The van der Waals surface area contributed by atoms with Crippen LogP contribution in [0.4, 0.5) is 0 Å². The van der Waals surface area contributed by atoms with E-state index in [0.717, 1.165) is 0 Å². The maximum atomic E-state index is 11.5. The number of hydrogen-bond acceptors (Lipinski definition) is 4. The average Bonchev–Trinajstić information content (AvgIpc) is 2.48. The molecule has 1 rings (SSSR count). The van der Waals surface area contributed by atoms with Crippen LogP contribution in [-0.4, -0.2) is 27.3 Å². The predicted molar refractivity (Wildman–Crippen MR) is 43.6 cm³/mol. The molecule has 5 heteroatoms. The van der Waals surface area contributed by atoms with Gasteiger partial charge in [-0.25, -0.2) is 4.68 Å². The predicted octanol–water partition coefficient (Wildman–Crippen LogP) is -0.407. The Kier molecular flexibility index (Phi) is 2.54. The van der Waals surface area contributed by atoms with Crippen molar-refractivity contribution in [3.05, 3.63) is 11.9 Å². The number of nitrogens with two attached hydrogens (primary N) is 1. The van der Waals surface area contributed by atoms with Gasteiger partial charge in [0.15, 0.2) is 5.78 Å². The van der Waals surface area contributed by atoms with Gasteiger partial charge in [-0.2, -0.15) is 0 Å². The number of hydrogen-bond donors (Lipinski definition) is 1. The average molecular weight is 168 g/mol. The number of rotatable bonds is 3. The molecule has 1 unspecified atom stereocenters. The highest BCUT2D eigenvalue weighted by Gasteiger charge is 2.16. The standard InChI is InChI=1S/C7H12N4O/c1-5(3-8)7(12)6-4-9-10-11(6)2/h4-5H,3,8H2,1-2H3. The summed E-state index contributed by atoms with van der Waals surface area (Å²) in [6.45, 7) is 2.14. The normalized spacial score (nSPS) is 12.9. The Bertz CT molecular complexity index is 281. The zero-order valence-electron chi connectivity index (χ0n) is 7.19. The van der Waals surface area contributed by atoms with Crippen molar-refractivity contribution in [2.45, 2.75) is 6.92 Å². The van der Waals surface area contributed by atoms with Gasteiger partial charge in [-0.3, -0.25) is 4.79 Å². The Morgan fingerprint density at radius 2 is 2.50 bits per heavy atom. The van der Waals surface area contributed by atoms with E-state index in [4.69, 9.17) is 5.73 Å². The van der Waals surface area contributed by atoms with Gasteiger partial charge in [-0.15, -0.1) is 5.10 Å². The monoisotopic (exact) mass is 168 g/mol. The summed E-state index contributed by atoms with van der Waals surface area (Å²) in [5.74, 6) is -0.174. The van der Waals surface area contributed by atoms with Crippen molar-refractivity contribution >= 4 is 5.78 Å². The molecule has 0 radical (unpaired) electrons. The first-order chi connectivity index (χ1) is 5.66. The van der Waals surface area contributed by atoms with E-state index in [1.165, 1.54) is 10.9 Å². The lowest BCUT2D eigenvalue weighted by Crippen LogP contribution is -2.22. The van der Waals surface area contributed by atoms with Crippen LogP contribution in [0.5, 0.6) is 0 Å². The van der Waals surface area contributed by atoms with Crippen LogP contribution in [0.1, 0.15) is 17.4 Å². The molecule has 0 aromatic carbocycles. The lowest BCUT2D eigenvalue weighted by atomic mass is 10.1. The minimum Gasteiger partial charge on any atom is -0.330 e. The quantitative estimate of drug-likeness (QED) is 0.623. The van der Waals surface area contributed by atoms with Crippen molar-refractivity contribution in [2.75, 3.05) is 6.54 Å². The highest BCUT2D eigenvalue weighted by Crippen LogP contribution is 2.04. The first kappa shape index (κ1) is 8.86. The number of Topliss-reactive ketones (excluding diaryl/α,β-unsaturated/α-hetero) is 1. The molecule has 0 aliphatic rings. The third-order valence-electron chi connectivity index (χ3n) is 1.77. The number of ketones is 1. The van der Waals surface area contributed by atoms with Crippen LogP contribution < -0.4 is 5.73 Å². The summed E-state index contributed by atoms with van der Waals surface area (Å²) in [5.41, 5.74) is 5.87. The van der Waals surface area contributed by atoms with E-state index in [1.54, 1.807) is 14.0 Å². The van der Waals surface area contributed by atoms with E-state index >= 15 is 0 Å². The topological polar surface area (TPSA) is 73.8 Å². The molecule has 1 atom stereocenters. The fourth-order valence-electron chi connectivity index (χ4n) is 0.872. The van der Waals surface area contributed by atoms with Gasteiger partial charge >= 0.3 is 0 Å². The fraction of sp³-hybridized carbons (Fsp3) is 0.571. The lowest BCUT2D eigenvalue weighted by molar-refractivity contribution is 0.0924. The molecule has 0 aliphatic heterocycles. The first-order valence-electron chi connectivity index (χ1n) is 3.75. The highest BCUT2D eigenvalue weighted by atomic mass is 16.1. The molecule has 66 valence electrons. The Morgan fingerprint density at radius 1 is 1.83 bits per heavy atom. The van der Waals surface area contributed by atoms with Crippen LogP contribution >= 0.6 is 0 Å². The van der Waals surface area contributed by atoms with Crippen LogP contribution in [0, 0.1) is 5.92 Å². The summed E-state index contributed by atoms with van der Waals surface area (Å²) in [5, 5.41) is 7.27. The molecule has 0 bridgehead atoms. The number of carbonyl (C=O) groups is 1. The van der Waals surface area contributed by atoms with E-state index < -0.39 is 0 Å². The van der Waals surface area contributed by atoms with Crippen LogP contribution in [0.3, 0.4) is 0 Å². The molecule has 1 aromatic rings. The maximum absolute atomic E-state index is 11.5. The smallest absolute Gasteiger partial charge is 0.186 e. The van der Waals surface area contributed by atoms with Gasteiger partial charge in [0.05, 0.1) is 6.20 Å². The number of aromatic nitrogens is 3. The first-order valence-corrected chi connectivity index (χ1v) is 3.75. The molecule has 0 saturated carbocycles. The van der Waals surface area contributed by atoms with Crippen LogP contribution in [0.25, 0.3) is 0 Å². The summed E-state index contributed by atoms with van der Waals surface area (Å²) < 4.78 is 1.45. The Balaban J connectivity index is 2.85. The van der Waals surface area contributed by atoms with Gasteiger partial charge in [0.1, 0.15) is 5.69 Å². The van der Waals surface area contributed by atoms with Gasteiger partial charge < -0.3 is 5.73 Å². The molecule has 12 heavy (non-hydrogen) atoms. The van der Waals surface area contributed by atoms with E-state index in [0.29, 0.717) is 12.2 Å². The lowest BCUT2D eigenvalue weighted by Gasteiger charge is -2.05. The van der Waals surface area contributed by atoms with Crippen LogP contribution in [0.15, 0.2) is 6.20 Å². The molecule has 0 saturated heterocycles. The van der Waals surface area contributed by atoms with Gasteiger partial charge in [0.25, 0.3) is 0 Å². The molecule has 1 aromatic heterocycles. The van der Waals surface area contributed by atoms with Gasteiger partial charge in [-0.1, -0.05) is 12.1 Å². The van der Waals surface area contributed by atoms with Crippen LogP contribution in [0.2, 0.25) is 0 Å². The van der Waals surface area contributed by atoms with Crippen LogP contribution in [-0.2, 0) is 7.05 Å². The SMILES string of the molecule is CC(CN)C(=O)c1cnnn1C. The second kappa shape index (κ2) is 3.44. The summed E-state index contributed by atoms with van der Waals surface area (Å²) in [7, 11) is 1.68. The minimum absolute atomic E-state index is 0.00926. The fourth-order valence-corrected chi connectivity index (χ4v) is 0.872. The Morgan fingerprint density at radius 3 is 2.92 bits per heavy atom. The van der Waals surface area contributed by atoms with E-state index in [-0.39, 0.29) is 11.7 Å². The zero-order chi connectivity index (χ0) is 9.14. The molecule has 0 spiro atoms. The molecule has 0 amide bonds. The highest BCUT2D eigenvalue weighted by molar-refractivity contribution is 5.95. The third-order valence-corrected chi connectivity index (χ3v) is 1.77. The molecule has 5 nitrogen and oxygen atoms in total. The summed E-state index contributed by atoms with van der Waals surface area (Å²) in [4.78, 5) is 11.5. The summed E-state index contributed by atoms with van der Waals surface area (Å²) in [6, 6.07) is 0. The van der Waals surface area contributed by atoms with Gasteiger partial charge in [0, 0.05) is 19.5 Å². The van der Waals surface area contributed by atoms with Crippen molar-refractivity contribution in [3.63, 3.8) is 0 Å². The molecule has 0 fully saturated rings. The Hall–Kier alpha value is -1.23. The van der Waals surface area contributed by atoms with Crippen molar-refractivity contribution in [3.8, 4) is 0 Å². The van der Waals surface area contributed by atoms with E-state index in [1.807, 2.05) is 0 Å². The second-order valence-corrected chi connectivity index (χ2v) is 2.74. The zero-order valence-corrected chi connectivity index (χ0v) is 7.19. The van der Waals surface area contributed by atoms with Crippen molar-refractivity contribution in [1.82, 2.24) is 15.0 Å². The van der Waals surface area contributed by atoms with Crippen molar-refractivity contribution < 1.29 is 4.79 Å². The van der Waals surface area contributed by atoms with E-state index in [2.05, 4.69) is 10.3 Å². The largest absolute Gasteiger partial charge is 0.330 e. The number of nitrogens with zero attached hydrogens (tertiary/aromatic N) is 3. The molecule has 2 N–H and O–H groups in total. The molecular weight excluding hydrogens is 156 g/mol. The summed E-state index contributed by atoms with van der Waals surface area (Å²) >= 11 is 0. The second-order valence-electron chi connectivity index (χ2n) is 2.74. The number of carbonyl (C=O) groups excluding carboxylic acids is 1. The molecule has 0 aliphatic carbocycles. The number of aryl methyl sites for hydroxylation is 1. The van der Waals surface area contributed by atoms with Gasteiger partial charge in [0.2, 0.25) is 0 Å². The maximum Gasteiger partial charge on any atom is 0.186 e. The van der Waals surface area contributed by atoms with E-state index in [9.17, 15) is 4.79 Å².